The van der Waals surface area contributed by atoms with Crippen LogP contribution >= 0.6 is 11.8 Å². The second-order valence-electron chi connectivity index (χ2n) is 6.57. The summed E-state index contributed by atoms with van der Waals surface area (Å²) in [6.45, 7) is 6.56. The summed E-state index contributed by atoms with van der Waals surface area (Å²) in [5.41, 5.74) is 3.52. The summed E-state index contributed by atoms with van der Waals surface area (Å²) in [6, 6.07) is 12.6. The van der Waals surface area contributed by atoms with Crippen LogP contribution in [0.2, 0.25) is 0 Å². The molecule has 3 rings (SSSR count). The minimum Gasteiger partial charge on any atom is -0.325 e. The summed E-state index contributed by atoms with van der Waals surface area (Å²) in [6.07, 6.45) is 0.133. The van der Waals surface area contributed by atoms with Gasteiger partial charge in [0.15, 0.2) is 5.16 Å². The van der Waals surface area contributed by atoms with Gasteiger partial charge in [0.05, 0.1) is 6.42 Å². The van der Waals surface area contributed by atoms with Gasteiger partial charge in [-0.1, -0.05) is 42.1 Å². The van der Waals surface area contributed by atoms with Gasteiger partial charge in [-0.15, -0.1) is 10.2 Å². The number of rotatable bonds is 7. The Morgan fingerprint density at radius 1 is 1.18 bits per heavy atom. The molecule has 0 spiro atoms. The zero-order valence-corrected chi connectivity index (χ0v) is 17.0. The number of thioether (sulfide) groups is 1. The maximum Gasteiger partial charge on any atom is 0.232 e. The predicted octanol–water partition coefficient (Wildman–Crippen LogP) is 4.53. The van der Waals surface area contributed by atoms with Crippen LogP contribution in [0.4, 0.5) is 10.1 Å². The molecule has 2 aromatic carbocycles. The molecular weight excluding hydrogens is 375 g/mol. The predicted molar refractivity (Wildman–Crippen MR) is 110 cm³/mol. The first kappa shape index (κ1) is 20.1. The number of hydrogen-bond acceptors (Lipinski definition) is 4. The minimum absolute atomic E-state index is 0.133. The van der Waals surface area contributed by atoms with E-state index in [1.54, 1.807) is 12.1 Å². The first-order valence-corrected chi connectivity index (χ1v) is 10.1. The molecule has 0 atom stereocenters. The van der Waals surface area contributed by atoms with Crippen molar-refractivity contribution in [2.75, 3.05) is 5.32 Å². The van der Waals surface area contributed by atoms with Crippen molar-refractivity contribution in [3.63, 3.8) is 0 Å². The Morgan fingerprint density at radius 2 is 1.96 bits per heavy atom. The molecule has 1 heterocycles. The molecule has 0 unspecified atom stereocenters. The summed E-state index contributed by atoms with van der Waals surface area (Å²) < 4.78 is 15.7. The molecule has 5 nitrogen and oxygen atoms in total. The topological polar surface area (TPSA) is 59.8 Å². The first-order chi connectivity index (χ1) is 13.5. The van der Waals surface area contributed by atoms with Crippen molar-refractivity contribution >= 4 is 23.4 Å². The molecular formula is C21H23FN4OS. The molecule has 0 fully saturated rings. The van der Waals surface area contributed by atoms with Gasteiger partial charge in [0.1, 0.15) is 11.6 Å². The molecule has 0 saturated heterocycles. The number of amides is 1. The van der Waals surface area contributed by atoms with Crippen LogP contribution in [0.3, 0.4) is 0 Å². The van der Waals surface area contributed by atoms with E-state index in [1.165, 1.54) is 17.8 Å². The van der Waals surface area contributed by atoms with Crippen molar-refractivity contribution in [2.24, 2.45) is 0 Å². The number of carbonyl (C=O) groups is 1. The number of halogens is 1. The maximum atomic E-state index is 13.8. The molecule has 28 heavy (non-hydrogen) atoms. The van der Waals surface area contributed by atoms with Gasteiger partial charge in [-0.05, 0) is 49.6 Å². The van der Waals surface area contributed by atoms with Gasteiger partial charge in [0, 0.05) is 18.0 Å². The summed E-state index contributed by atoms with van der Waals surface area (Å²) in [5, 5.41) is 12.0. The van der Waals surface area contributed by atoms with Crippen LogP contribution in [-0.4, -0.2) is 20.7 Å². The molecule has 1 N–H and O–H groups in total. The highest BCUT2D eigenvalue weighted by Crippen LogP contribution is 2.24. The Balaban J connectivity index is 1.68. The number of carbonyl (C=O) groups excluding carboxylic acids is 1. The van der Waals surface area contributed by atoms with E-state index in [0.29, 0.717) is 28.8 Å². The van der Waals surface area contributed by atoms with Crippen molar-refractivity contribution in [3.8, 4) is 0 Å². The van der Waals surface area contributed by atoms with E-state index in [4.69, 9.17) is 0 Å². The zero-order valence-electron chi connectivity index (χ0n) is 16.2. The van der Waals surface area contributed by atoms with Gasteiger partial charge >= 0.3 is 0 Å². The van der Waals surface area contributed by atoms with Crippen LogP contribution in [0.5, 0.6) is 0 Å². The maximum absolute atomic E-state index is 13.8. The number of aryl methyl sites for hydroxylation is 2. The minimum atomic E-state index is -0.231. The van der Waals surface area contributed by atoms with Gasteiger partial charge in [-0.2, -0.15) is 0 Å². The highest BCUT2D eigenvalue weighted by atomic mass is 32.2. The van der Waals surface area contributed by atoms with Crippen LogP contribution in [0.1, 0.15) is 29.4 Å². The molecule has 1 aromatic heterocycles. The third-order valence-electron chi connectivity index (χ3n) is 4.41. The number of anilines is 1. The molecule has 0 aliphatic rings. The SMILES string of the molecule is CCn1c(CC(=O)Nc2cc(C)ccc2C)nnc1SCc1ccccc1F. The smallest absolute Gasteiger partial charge is 0.232 e. The lowest BCUT2D eigenvalue weighted by Gasteiger charge is -2.10. The number of aromatic nitrogens is 3. The Bertz CT molecular complexity index is 986. The first-order valence-electron chi connectivity index (χ1n) is 9.13. The Morgan fingerprint density at radius 3 is 2.71 bits per heavy atom. The van der Waals surface area contributed by atoms with Crippen LogP contribution in [0.15, 0.2) is 47.6 Å². The van der Waals surface area contributed by atoms with Crippen molar-refractivity contribution in [3.05, 3.63) is 70.8 Å². The standard InChI is InChI=1S/C21H23FN4OS/c1-4-26-19(12-20(27)23-18-11-14(2)9-10-15(18)3)24-25-21(26)28-13-16-7-5-6-8-17(16)22/h5-11H,4,12-13H2,1-3H3,(H,23,27). The normalized spacial score (nSPS) is 10.9. The Kier molecular flexibility index (Phi) is 6.46. The lowest BCUT2D eigenvalue weighted by molar-refractivity contribution is -0.115. The highest BCUT2D eigenvalue weighted by Gasteiger charge is 2.16. The molecule has 1 amide bonds. The van der Waals surface area contributed by atoms with Crippen LogP contribution in [0, 0.1) is 19.7 Å². The third kappa shape index (κ3) is 4.78. The summed E-state index contributed by atoms with van der Waals surface area (Å²) in [5.74, 6) is 0.688. The molecule has 0 saturated carbocycles. The number of nitrogens with one attached hydrogen (secondary N) is 1. The van der Waals surface area contributed by atoms with Gasteiger partial charge in [0.2, 0.25) is 5.91 Å². The molecule has 0 aliphatic carbocycles. The van der Waals surface area contributed by atoms with Gasteiger partial charge in [0.25, 0.3) is 0 Å². The number of hydrogen-bond donors (Lipinski definition) is 1. The molecule has 146 valence electrons. The van der Waals surface area contributed by atoms with Gasteiger partial charge < -0.3 is 9.88 Å². The van der Waals surface area contributed by atoms with E-state index in [1.807, 2.05) is 49.6 Å². The van der Waals surface area contributed by atoms with E-state index in [0.717, 1.165) is 16.8 Å². The number of nitrogens with zero attached hydrogens (tertiary/aromatic N) is 3. The highest BCUT2D eigenvalue weighted by molar-refractivity contribution is 7.98. The summed E-state index contributed by atoms with van der Waals surface area (Å²) in [4.78, 5) is 12.5. The van der Waals surface area contributed by atoms with E-state index >= 15 is 0 Å². The van der Waals surface area contributed by atoms with Crippen LogP contribution in [-0.2, 0) is 23.5 Å². The van der Waals surface area contributed by atoms with Crippen molar-refractivity contribution in [1.82, 2.24) is 14.8 Å². The second-order valence-corrected chi connectivity index (χ2v) is 7.51. The van der Waals surface area contributed by atoms with Gasteiger partial charge in [-0.25, -0.2) is 4.39 Å². The molecule has 0 bridgehead atoms. The molecule has 0 aliphatic heterocycles. The van der Waals surface area contributed by atoms with Crippen molar-refractivity contribution < 1.29 is 9.18 Å². The fourth-order valence-corrected chi connectivity index (χ4v) is 3.85. The Hall–Kier alpha value is -2.67. The summed E-state index contributed by atoms with van der Waals surface area (Å²) >= 11 is 1.41. The Labute approximate surface area is 168 Å². The zero-order chi connectivity index (χ0) is 20.1. The second kappa shape index (κ2) is 9.01. The van der Waals surface area contributed by atoms with E-state index in [9.17, 15) is 9.18 Å². The average Bonchev–Trinajstić information content (AvgIpc) is 3.05. The lowest BCUT2D eigenvalue weighted by atomic mass is 10.1. The van der Waals surface area contributed by atoms with Crippen molar-refractivity contribution in [1.29, 1.82) is 0 Å². The molecule has 7 heteroatoms. The number of benzene rings is 2. The quantitative estimate of drug-likeness (QED) is 0.594. The fourth-order valence-electron chi connectivity index (χ4n) is 2.84. The van der Waals surface area contributed by atoms with E-state index in [-0.39, 0.29) is 18.1 Å². The lowest BCUT2D eigenvalue weighted by Crippen LogP contribution is -2.18. The largest absolute Gasteiger partial charge is 0.325 e. The summed E-state index contributed by atoms with van der Waals surface area (Å²) in [7, 11) is 0. The third-order valence-corrected chi connectivity index (χ3v) is 5.43. The van der Waals surface area contributed by atoms with Crippen LogP contribution in [0.25, 0.3) is 0 Å². The fraction of sp³-hybridized carbons (Fsp3) is 0.286. The van der Waals surface area contributed by atoms with Gasteiger partial charge in [-0.3, -0.25) is 4.79 Å². The van der Waals surface area contributed by atoms with Crippen molar-refractivity contribution in [2.45, 2.75) is 44.6 Å². The van der Waals surface area contributed by atoms with Crippen LogP contribution < -0.4 is 5.32 Å². The van der Waals surface area contributed by atoms with E-state index < -0.39 is 0 Å². The molecule has 3 aromatic rings. The monoisotopic (exact) mass is 398 g/mol. The molecule has 0 radical (unpaired) electrons. The average molecular weight is 399 g/mol. The van der Waals surface area contributed by atoms with E-state index in [2.05, 4.69) is 15.5 Å².